The number of aryl methyl sites for hydroxylation is 1. The molecule has 2 nitrogen and oxygen atoms in total. The van der Waals surface area contributed by atoms with E-state index < -0.39 is 11.6 Å². The average Bonchev–Trinajstić information content (AvgIpc) is 2.52. The largest absolute Gasteiger partial charge is 0.366 e. The fourth-order valence-corrected chi connectivity index (χ4v) is 2.38. The molecule has 0 amide bonds. The molecule has 2 aromatic carbocycles. The van der Waals surface area contributed by atoms with Crippen LogP contribution in [0.1, 0.15) is 23.6 Å². The van der Waals surface area contributed by atoms with Gasteiger partial charge in [-0.3, -0.25) is 0 Å². The predicted octanol–water partition coefficient (Wildman–Crippen LogP) is 5.13. The minimum Gasteiger partial charge on any atom is -0.366 e. The Kier molecular flexibility index (Phi) is 5.72. The number of rotatable bonds is 5. The highest BCUT2D eigenvalue weighted by molar-refractivity contribution is 6.33. The summed E-state index contributed by atoms with van der Waals surface area (Å²) in [5, 5.41) is 0.529. The molecule has 23 heavy (non-hydrogen) atoms. The second kappa shape index (κ2) is 7.55. The third kappa shape index (κ3) is 4.52. The summed E-state index contributed by atoms with van der Waals surface area (Å²) in [5.41, 5.74) is 3.18. The molecule has 122 valence electrons. The monoisotopic (exact) mass is 336 g/mol. The number of aliphatic imine (C=N–C) groups is 1. The van der Waals surface area contributed by atoms with E-state index >= 15 is 0 Å². The molecule has 2 aromatic rings. The topological polar surface area (TPSA) is 15.6 Å². The van der Waals surface area contributed by atoms with Crippen molar-refractivity contribution in [3.63, 3.8) is 0 Å². The molecular weight excluding hydrogens is 318 g/mol. The Labute approximate surface area is 140 Å². The second-order valence-electron chi connectivity index (χ2n) is 5.50. The molecule has 0 unspecified atom stereocenters. The van der Waals surface area contributed by atoms with Gasteiger partial charge in [0.1, 0.15) is 0 Å². The van der Waals surface area contributed by atoms with Gasteiger partial charge in [-0.1, -0.05) is 23.7 Å². The Bertz CT molecular complexity index is 729. The van der Waals surface area contributed by atoms with E-state index in [0.717, 1.165) is 23.7 Å². The molecule has 5 heteroatoms. The van der Waals surface area contributed by atoms with Crippen molar-refractivity contribution in [2.75, 3.05) is 13.6 Å². The number of benzene rings is 2. The summed E-state index contributed by atoms with van der Waals surface area (Å²) in [6, 6.07) is 7.72. The van der Waals surface area contributed by atoms with Gasteiger partial charge in [0, 0.05) is 13.6 Å². The van der Waals surface area contributed by atoms with Crippen LogP contribution in [-0.2, 0) is 6.42 Å². The summed E-state index contributed by atoms with van der Waals surface area (Å²) in [4.78, 5) is 6.34. The summed E-state index contributed by atoms with van der Waals surface area (Å²) < 4.78 is 26.4. The normalized spacial score (nSPS) is 11.2. The van der Waals surface area contributed by atoms with Crippen molar-refractivity contribution in [1.29, 1.82) is 0 Å². The van der Waals surface area contributed by atoms with Gasteiger partial charge >= 0.3 is 0 Å². The molecule has 0 N–H and O–H groups in total. The summed E-state index contributed by atoms with van der Waals surface area (Å²) >= 11 is 6.43. The van der Waals surface area contributed by atoms with Crippen molar-refractivity contribution in [3.8, 4) is 0 Å². The van der Waals surface area contributed by atoms with E-state index in [4.69, 9.17) is 11.6 Å². The molecule has 0 atom stereocenters. The average molecular weight is 337 g/mol. The first kappa shape index (κ1) is 17.4. The molecule has 0 aliphatic heterocycles. The van der Waals surface area contributed by atoms with Crippen molar-refractivity contribution < 1.29 is 8.78 Å². The number of hydrogen-bond acceptors (Lipinski definition) is 1. The Balaban J connectivity index is 2.33. The smallest absolute Gasteiger partial charge is 0.159 e. The highest BCUT2D eigenvalue weighted by Gasteiger charge is 2.10. The number of hydrogen-bond donors (Lipinski definition) is 0. The van der Waals surface area contributed by atoms with E-state index in [-0.39, 0.29) is 0 Å². The second-order valence-corrected chi connectivity index (χ2v) is 5.88. The van der Waals surface area contributed by atoms with E-state index in [1.165, 1.54) is 6.07 Å². The maximum absolute atomic E-state index is 13.4. The molecular formula is C18H19ClF2N2. The zero-order valence-electron chi connectivity index (χ0n) is 13.4. The quantitative estimate of drug-likeness (QED) is 0.546. The van der Waals surface area contributed by atoms with Gasteiger partial charge in [0.05, 0.1) is 17.0 Å². The first-order chi connectivity index (χ1) is 10.9. The van der Waals surface area contributed by atoms with Crippen molar-refractivity contribution >= 4 is 23.6 Å². The summed E-state index contributed by atoms with van der Waals surface area (Å²) in [6.45, 7) is 4.82. The van der Waals surface area contributed by atoms with Crippen LogP contribution in [0.25, 0.3) is 0 Å². The summed E-state index contributed by atoms with van der Waals surface area (Å²) in [7, 11) is 1.93. The maximum atomic E-state index is 13.4. The fraction of sp³-hybridized carbons (Fsp3) is 0.278. The first-order valence-corrected chi connectivity index (χ1v) is 7.76. The minimum atomic E-state index is -0.853. The zero-order chi connectivity index (χ0) is 17.0. The van der Waals surface area contributed by atoms with Gasteiger partial charge in [-0.15, -0.1) is 0 Å². The van der Waals surface area contributed by atoms with E-state index in [2.05, 4.69) is 4.99 Å². The van der Waals surface area contributed by atoms with Gasteiger partial charge in [-0.2, -0.15) is 0 Å². The van der Waals surface area contributed by atoms with Crippen molar-refractivity contribution in [2.45, 2.75) is 20.3 Å². The van der Waals surface area contributed by atoms with E-state index in [1.54, 1.807) is 12.4 Å². The van der Waals surface area contributed by atoms with Crippen LogP contribution in [0.5, 0.6) is 0 Å². The van der Waals surface area contributed by atoms with Gasteiger partial charge in [-0.25, -0.2) is 13.8 Å². The third-order valence-electron chi connectivity index (χ3n) is 3.54. The van der Waals surface area contributed by atoms with Gasteiger partial charge in [0.15, 0.2) is 11.6 Å². The van der Waals surface area contributed by atoms with Crippen molar-refractivity contribution in [2.24, 2.45) is 4.99 Å². The van der Waals surface area contributed by atoms with Crippen LogP contribution >= 0.6 is 11.6 Å². The van der Waals surface area contributed by atoms with Gasteiger partial charge < -0.3 is 4.90 Å². The van der Waals surface area contributed by atoms with Crippen LogP contribution < -0.4 is 0 Å². The zero-order valence-corrected chi connectivity index (χ0v) is 14.2. The molecule has 0 fully saturated rings. The van der Waals surface area contributed by atoms with Crippen LogP contribution in [0, 0.1) is 18.6 Å². The molecule has 0 aliphatic carbocycles. The molecule has 0 aliphatic rings. The standard InChI is InChI=1S/C18H19ClF2N2/c1-4-23(3)11-22-17-8-12(2)7-14(18(17)19)9-13-5-6-15(20)16(21)10-13/h5-8,10-11H,4,9H2,1-3H3/b22-11-. The molecule has 2 rings (SSSR count). The van der Waals surface area contributed by atoms with Crippen LogP contribution in [-0.4, -0.2) is 24.8 Å². The van der Waals surface area contributed by atoms with Crippen LogP contribution in [0.4, 0.5) is 14.5 Å². The highest BCUT2D eigenvalue weighted by Crippen LogP contribution is 2.31. The Morgan fingerprint density at radius 2 is 1.91 bits per heavy atom. The third-order valence-corrected chi connectivity index (χ3v) is 3.98. The van der Waals surface area contributed by atoms with Crippen LogP contribution in [0.2, 0.25) is 5.02 Å². The minimum absolute atomic E-state index is 0.420. The van der Waals surface area contributed by atoms with E-state index in [1.807, 2.05) is 37.9 Å². The van der Waals surface area contributed by atoms with Crippen molar-refractivity contribution in [3.05, 3.63) is 63.7 Å². The fourth-order valence-electron chi connectivity index (χ4n) is 2.16. The molecule has 0 aromatic heterocycles. The van der Waals surface area contributed by atoms with Crippen LogP contribution in [0.3, 0.4) is 0 Å². The number of nitrogens with zero attached hydrogens (tertiary/aromatic N) is 2. The molecule has 0 bridgehead atoms. The Morgan fingerprint density at radius 1 is 1.17 bits per heavy atom. The first-order valence-electron chi connectivity index (χ1n) is 7.38. The van der Waals surface area contributed by atoms with E-state index in [0.29, 0.717) is 22.7 Å². The molecule has 0 saturated carbocycles. The maximum Gasteiger partial charge on any atom is 0.159 e. The molecule has 0 saturated heterocycles. The predicted molar refractivity (Wildman–Crippen MR) is 91.8 cm³/mol. The van der Waals surface area contributed by atoms with Gasteiger partial charge in [0.25, 0.3) is 0 Å². The lowest BCUT2D eigenvalue weighted by molar-refractivity contribution is 0.507. The summed E-state index contributed by atoms with van der Waals surface area (Å²) in [5.74, 6) is -1.70. The lowest BCUT2D eigenvalue weighted by atomic mass is 10.0. The van der Waals surface area contributed by atoms with Crippen molar-refractivity contribution in [1.82, 2.24) is 4.90 Å². The molecule has 0 radical (unpaired) electrons. The lowest BCUT2D eigenvalue weighted by Crippen LogP contribution is -2.14. The number of halogens is 3. The molecule has 0 heterocycles. The van der Waals surface area contributed by atoms with Gasteiger partial charge in [0.2, 0.25) is 0 Å². The molecule has 0 spiro atoms. The SMILES string of the molecule is CCN(C)/C=N\c1cc(C)cc(Cc2ccc(F)c(F)c2)c1Cl. The Morgan fingerprint density at radius 3 is 2.57 bits per heavy atom. The highest BCUT2D eigenvalue weighted by atomic mass is 35.5. The Hall–Kier alpha value is -1.94. The summed E-state index contributed by atoms with van der Waals surface area (Å²) in [6.07, 6.45) is 2.14. The van der Waals surface area contributed by atoms with Gasteiger partial charge in [-0.05, 0) is 55.2 Å². The van der Waals surface area contributed by atoms with E-state index in [9.17, 15) is 8.78 Å². The lowest BCUT2D eigenvalue weighted by Gasteiger charge is -2.11. The van der Waals surface area contributed by atoms with Crippen LogP contribution in [0.15, 0.2) is 35.3 Å².